The van der Waals surface area contributed by atoms with Gasteiger partial charge >= 0.3 is 0 Å². The van der Waals surface area contributed by atoms with E-state index in [2.05, 4.69) is 0 Å². The third-order valence-corrected chi connectivity index (χ3v) is 4.95. The van der Waals surface area contributed by atoms with Gasteiger partial charge < -0.3 is 35.5 Å². The molecule has 8 nitrogen and oxygen atoms in total. The van der Waals surface area contributed by atoms with Gasteiger partial charge in [0, 0.05) is 19.5 Å². The van der Waals surface area contributed by atoms with E-state index in [9.17, 15) is 25.2 Å². The molecule has 1 aliphatic carbocycles. The number of carbonyl (C=O) groups excluding carboxylic acids is 1. The Balaban J connectivity index is 2.51. The standard InChI is InChI=1S/C17H33NO7/c19-9-8-18(10-13(21)16(24)17(25)14(22)11-20)15(23)7-6-12-4-2-1-3-5-12/h12-14,16-17,19-22,24-25H,1-11H2/t13-,14+,16+,17+/m0/s1. The number of carbonyl (C=O) groups is 1. The summed E-state index contributed by atoms with van der Waals surface area (Å²) in [6.45, 7) is -1.28. The Bertz CT molecular complexity index is 376. The first-order chi connectivity index (χ1) is 11.9. The lowest BCUT2D eigenvalue weighted by atomic mass is 9.86. The predicted molar refractivity (Wildman–Crippen MR) is 90.6 cm³/mol. The van der Waals surface area contributed by atoms with Crippen molar-refractivity contribution in [2.75, 3.05) is 26.3 Å². The quantitative estimate of drug-likeness (QED) is 0.265. The maximum Gasteiger partial charge on any atom is 0.222 e. The molecule has 1 aliphatic rings. The van der Waals surface area contributed by atoms with E-state index in [1.807, 2.05) is 0 Å². The van der Waals surface area contributed by atoms with Crippen molar-refractivity contribution in [1.82, 2.24) is 4.90 Å². The summed E-state index contributed by atoms with van der Waals surface area (Å²) < 4.78 is 0. The molecule has 0 saturated heterocycles. The molecule has 0 aliphatic heterocycles. The molecule has 6 N–H and O–H groups in total. The Kier molecular flexibility index (Phi) is 10.5. The van der Waals surface area contributed by atoms with Crippen molar-refractivity contribution in [3.05, 3.63) is 0 Å². The van der Waals surface area contributed by atoms with Crippen LogP contribution in [0.1, 0.15) is 44.9 Å². The number of aliphatic hydroxyl groups is 6. The number of hydrogen-bond acceptors (Lipinski definition) is 7. The molecule has 0 bridgehead atoms. The maximum atomic E-state index is 12.4. The Hall–Kier alpha value is -0.770. The SMILES string of the molecule is O=C(CCC1CCCCC1)N(CCO)C[C@H](O)[C@@H](O)[C@H](O)[C@H](O)CO. The van der Waals surface area contributed by atoms with E-state index in [1.54, 1.807) is 0 Å². The van der Waals surface area contributed by atoms with Gasteiger partial charge in [0.2, 0.25) is 5.91 Å². The molecule has 1 saturated carbocycles. The first-order valence-electron chi connectivity index (χ1n) is 9.12. The lowest BCUT2D eigenvalue weighted by molar-refractivity contribution is -0.140. The summed E-state index contributed by atoms with van der Waals surface area (Å²) in [6.07, 6.45) is 0.430. The van der Waals surface area contributed by atoms with Crippen LogP contribution >= 0.6 is 0 Å². The van der Waals surface area contributed by atoms with E-state index in [4.69, 9.17) is 10.2 Å². The molecule has 0 radical (unpaired) electrons. The third-order valence-electron chi connectivity index (χ3n) is 4.95. The molecule has 0 unspecified atom stereocenters. The molecular weight excluding hydrogens is 330 g/mol. The average Bonchev–Trinajstić information content (AvgIpc) is 2.64. The number of nitrogens with zero attached hydrogens (tertiary/aromatic N) is 1. The van der Waals surface area contributed by atoms with Gasteiger partial charge in [0.05, 0.1) is 13.2 Å². The summed E-state index contributed by atoms with van der Waals surface area (Å²) in [7, 11) is 0. The van der Waals surface area contributed by atoms with Crippen molar-refractivity contribution < 1.29 is 35.4 Å². The van der Waals surface area contributed by atoms with Crippen LogP contribution in [-0.4, -0.2) is 92.2 Å². The molecule has 25 heavy (non-hydrogen) atoms. The Labute approximate surface area is 148 Å². The second-order valence-electron chi connectivity index (χ2n) is 6.90. The highest BCUT2D eigenvalue weighted by Crippen LogP contribution is 2.27. The lowest BCUT2D eigenvalue weighted by Crippen LogP contribution is -2.51. The van der Waals surface area contributed by atoms with Crippen molar-refractivity contribution in [2.45, 2.75) is 69.4 Å². The molecule has 0 heterocycles. The zero-order valence-corrected chi connectivity index (χ0v) is 14.7. The largest absolute Gasteiger partial charge is 0.395 e. The Morgan fingerprint density at radius 1 is 0.960 bits per heavy atom. The molecule has 0 aromatic carbocycles. The van der Waals surface area contributed by atoms with Gasteiger partial charge in [-0.2, -0.15) is 0 Å². The van der Waals surface area contributed by atoms with Gasteiger partial charge in [-0.05, 0) is 12.3 Å². The van der Waals surface area contributed by atoms with E-state index in [-0.39, 0.29) is 25.6 Å². The smallest absolute Gasteiger partial charge is 0.222 e. The van der Waals surface area contributed by atoms with Crippen LogP contribution in [0.15, 0.2) is 0 Å². The summed E-state index contributed by atoms with van der Waals surface area (Å²) in [6, 6.07) is 0. The molecular formula is C17H33NO7. The minimum Gasteiger partial charge on any atom is -0.395 e. The fraction of sp³-hybridized carbons (Fsp3) is 0.941. The van der Waals surface area contributed by atoms with Gasteiger partial charge in [0.15, 0.2) is 0 Å². The van der Waals surface area contributed by atoms with E-state index in [1.165, 1.54) is 24.2 Å². The summed E-state index contributed by atoms with van der Waals surface area (Å²) in [4.78, 5) is 13.6. The fourth-order valence-corrected chi connectivity index (χ4v) is 3.30. The highest BCUT2D eigenvalue weighted by Gasteiger charge is 2.32. The van der Waals surface area contributed by atoms with Crippen LogP contribution in [0.4, 0.5) is 0 Å². The summed E-state index contributed by atoms with van der Waals surface area (Å²) in [5.41, 5.74) is 0. The van der Waals surface area contributed by atoms with Crippen LogP contribution in [0.5, 0.6) is 0 Å². The zero-order valence-electron chi connectivity index (χ0n) is 14.7. The first kappa shape index (κ1) is 22.3. The van der Waals surface area contributed by atoms with Crippen LogP contribution < -0.4 is 0 Å². The Morgan fingerprint density at radius 2 is 1.56 bits per heavy atom. The van der Waals surface area contributed by atoms with Crippen molar-refractivity contribution in [3.8, 4) is 0 Å². The van der Waals surface area contributed by atoms with Gasteiger partial charge in [-0.15, -0.1) is 0 Å². The Morgan fingerprint density at radius 3 is 2.12 bits per heavy atom. The minimum atomic E-state index is -1.73. The monoisotopic (exact) mass is 363 g/mol. The van der Waals surface area contributed by atoms with Crippen LogP contribution in [0.3, 0.4) is 0 Å². The van der Waals surface area contributed by atoms with Crippen molar-refractivity contribution >= 4 is 5.91 Å². The molecule has 1 amide bonds. The highest BCUT2D eigenvalue weighted by atomic mass is 16.4. The lowest BCUT2D eigenvalue weighted by Gasteiger charge is -2.30. The van der Waals surface area contributed by atoms with Crippen LogP contribution in [0.25, 0.3) is 0 Å². The summed E-state index contributed by atoms with van der Waals surface area (Å²) in [5.74, 6) is 0.314. The normalized spacial score (nSPS) is 20.7. The maximum absolute atomic E-state index is 12.4. The summed E-state index contributed by atoms with van der Waals surface area (Å²) >= 11 is 0. The number of hydrogen-bond donors (Lipinski definition) is 6. The van der Waals surface area contributed by atoms with Gasteiger partial charge in [0.25, 0.3) is 0 Å². The molecule has 0 spiro atoms. The van der Waals surface area contributed by atoms with E-state index >= 15 is 0 Å². The average molecular weight is 363 g/mol. The van der Waals surface area contributed by atoms with Crippen molar-refractivity contribution in [1.29, 1.82) is 0 Å². The zero-order chi connectivity index (χ0) is 18.8. The number of rotatable bonds is 11. The fourth-order valence-electron chi connectivity index (χ4n) is 3.30. The molecule has 8 heteroatoms. The highest BCUT2D eigenvalue weighted by molar-refractivity contribution is 5.76. The predicted octanol–water partition coefficient (Wildman–Crippen LogP) is -1.40. The van der Waals surface area contributed by atoms with E-state index in [0.29, 0.717) is 12.3 Å². The van der Waals surface area contributed by atoms with Crippen molar-refractivity contribution in [2.24, 2.45) is 5.92 Å². The van der Waals surface area contributed by atoms with Crippen LogP contribution in [0, 0.1) is 5.92 Å². The molecule has 1 fully saturated rings. The second kappa shape index (κ2) is 11.8. The first-order valence-corrected chi connectivity index (χ1v) is 9.12. The topological polar surface area (TPSA) is 142 Å². The molecule has 0 aromatic rings. The molecule has 1 rings (SSSR count). The van der Waals surface area contributed by atoms with Gasteiger partial charge in [-0.1, -0.05) is 32.1 Å². The van der Waals surface area contributed by atoms with E-state index < -0.39 is 31.0 Å². The second-order valence-corrected chi connectivity index (χ2v) is 6.90. The number of aliphatic hydroxyl groups excluding tert-OH is 6. The molecule has 148 valence electrons. The molecule has 0 aromatic heterocycles. The van der Waals surface area contributed by atoms with Crippen molar-refractivity contribution in [3.63, 3.8) is 0 Å². The van der Waals surface area contributed by atoms with E-state index in [0.717, 1.165) is 19.3 Å². The van der Waals surface area contributed by atoms with Gasteiger partial charge in [-0.3, -0.25) is 4.79 Å². The van der Waals surface area contributed by atoms with Gasteiger partial charge in [-0.25, -0.2) is 0 Å². The van der Waals surface area contributed by atoms with Crippen LogP contribution in [-0.2, 0) is 4.79 Å². The number of amides is 1. The third kappa shape index (κ3) is 7.55. The van der Waals surface area contributed by atoms with Crippen LogP contribution in [0.2, 0.25) is 0 Å². The summed E-state index contributed by atoms with van der Waals surface area (Å²) in [5, 5.41) is 56.7. The minimum absolute atomic E-state index is 0.0198. The molecule has 4 atom stereocenters. The van der Waals surface area contributed by atoms with Gasteiger partial charge in [0.1, 0.15) is 24.4 Å².